The van der Waals surface area contributed by atoms with Gasteiger partial charge in [-0.25, -0.2) is 18.1 Å². The number of aryl methyl sites for hydroxylation is 2. The van der Waals surface area contributed by atoms with E-state index in [0.29, 0.717) is 32.5 Å². The molecule has 0 radical (unpaired) electrons. The van der Waals surface area contributed by atoms with Crippen LogP contribution in [0.4, 0.5) is 0 Å². The van der Waals surface area contributed by atoms with Gasteiger partial charge < -0.3 is 9.64 Å². The summed E-state index contributed by atoms with van der Waals surface area (Å²) in [6, 6.07) is 0. The molecular weight excluding hydrogens is 374 g/mol. The standard InChI is InChI=1S/C17H25N3O4S2/c1-11-19-12(9-25-11)3-4-16(21)20-8-14-13(7-18-26(2,22)23)15-5-6-17(14,10-20)24-15/h9,13-15,18H,3-8,10H2,1-2H3/t13-,14+,15+,17+/m0/s1. The number of nitrogens with zero attached hydrogens (tertiary/aromatic N) is 2. The number of hydrogen-bond acceptors (Lipinski definition) is 6. The Kier molecular flexibility index (Phi) is 4.61. The molecule has 4 heterocycles. The molecule has 3 aliphatic rings. The van der Waals surface area contributed by atoms with Gasteiger partial charge in [0.15, 0.2) is 0 Å². The number of ether oxygens (including phenoxy) is 1. The molecule has 4 rings (SSSR count). The Hall–Kier alpha value is -1.03. The van der Waals surface area contributed by atoms with Crippen LogP contribution in [0.5, 0.6) is 0 Å². The molecule has 9 heteroatoms. The van der Waals surface area contributed by atoms with Crippen molar-refractivity contribution in [1.29, 1.82) is 0 Å². The molecule has 0 unspecified atom stereocenters. The Labute approximate surface area is 158 Å². The SMILES string of the molecule is Cc1nc(CCC(=O)N2C[C@@H]3[C@H](CNS(C)(=O)=O)[C@H]4CC[C@]3(C2)O4)cs1. The summed E-state index contributed by atoms with van der Waals surface area (Å²) in [6.07, 6.45) is 4.34. The van der Waals surface area contributed by atoms with E-state index in [0.717, 1.165) is 23.5 Å². The third-order valence-electron chi connectivity index (χ3n) is 5.98. The predicted octanol–water partition coefficient (Wildman–Crippen LogP) is 0.939. The molecule has 3 fully saturated rings. The van der Waals surface area contributed by atoms with Crippen LogP contribution in [0, 0.1) is 18.8 Å². The quantitative estimate of drug-likeness (QED) is 0.769. The van der Waals surface area contributed by atoms with Gasteiger partial charge in [-0.15, -0.1) is 11.3 Å². The Morgan fingerprint density at radius 2 is 2.35 bits per heavy atom. The van der Waals surface area contributed by atoms with Crippen molar-refractivity contribution in [2.24, 2.45) is 11.8 Å². The van der Waals surface area contributed by atoms with Crippen molar-refractivity contribution in [3.05, 3.63) is 16.1 Å². The third kappa shape index (κ3) is 3.42. The van der Waals surface area contributed by atoms with Crippen molar-refractivity contribution in [2.75, 3.05) is 25.9 Å². The first-order chi connectivity index (χ1) is 12.3. The van der Waals surface area contributed by atoms with E-state index in [-0.39, 0.29) is 29.4 Å². The van der Waals surface area contributed by atoms with Gasteiger partial charge in [0.2, 0.25) is 15.9 Å². The second-order valence-electron chi connectivity index (χ2n) is 7.78. The molecule has 0 aromatic carbocycles. The first-order valence-corrected chi connectivity index (χ1v) is 11.8. The maximum absolute atomic E-state index is 12.7. The van der Waals surface area contributed by atoms with Gasteiger partial charge in [0.05, 0.1) is 35.2 Å². The van der Waals surface area contributed by atoms with Crippen LogP contribution in [0.15, 0.2) is 5.38 Å². The summed E-state index contributed by atoms with van der Waals surface area (Å²) >= 11 is 1.61. The largest absolute Gasteiger partial charge is 0.369 e. The van der Waals surface area contributed by atoms with Crippen molar-refractivity contribution in [3.63, 3.8) is 0 Å². The van der Waals surface area contributed by atoms with E-state index in [1.165, 1.54) is 6.26 Å². The lowest BCUT2D eigenvalue weighted by Crippen LogP contribution is -2.41. The van der Waals surface area contributed by atoms with Crippen molar-refractivity contribution in [1.82, 2.24) is 14.6 Å². The zero-order valence-electron chi connectivity index (χ0n) is 15.1. The highest BCUT2D eigenvalue weighted by atomic mass is 32.2. The lowest BCUT2D eigenvalue weighted by atomic mass is 9.74. The Bertz CT molecular complexity index is 809. The number of carbonyl (C=O) groups excluding carboxylic acids is 1. The van der Waals surface area contributed by atoms with E-state index >= 15 is 0 Å². The summed E-state index contributed by atoms with van der Waals surface area (Å²) in [5.41, 5.74) is 0.715. The molecule has 7 nitrogen and oxygen atoms in total. The van der Waals surface area contributed by atoms with Crippen LogP contribution in [-0.2, 0) is 26.0 Å². The monoisotopic (exact) mass is 399 g/mol. The van der Waals surface area contributed by atoms with Crippen molar-refractivity contribution < 1.29 is 17.9 Å². The van der Waals surface area contributed by atoms with Gasteiger partial charge in [0.25, 0.3) is 0 Å². The molecule has 0 aliphatic carbocycles. The van der Waals surface area contributed by atoms with Crippen LogP contribution in [0.3, 0.4) is 0 Å². The molecule has 1 aromatic rings. The molecule has 1 amide bonds. The third-order valence-corrected chi connectivity index (χ3v) is 7.49. The molecule has 144 valence electrons. The summed E-state index contributed by atoms with van der Waals surface area (Å²) in [6.45, 7) is 3.67. The van der Waals surface area contributed by atoms with Crippen LogP contribution in [0.2, 0.25) is 0 Å². The predicted molar refractivity (Wildman–Crippen MR) is 98.4 cm³/mol. The molecular formula is C17H25N3O4S2. The fourth-order valence-electron chi connectivity index (χ4n) is 4.82. The van der Waals surface area contributed by atoms with Gasteiger partial charge in [-0.3, -0.25) is 4.79 Å². The maximum atomic E-state index is 12.7. The highest BCUT2D eigenvalue weighted by molar-refractivity contribution is 7.88. The molecule has 0 saturated carbocycles. The van der Waals surface area contributed by atoms with Crippen LogP contribution in [0.25, 0.3) is 0 Å². The Morgan fingerprint density at radius 3 is 3.04 bits per heavy atom. The van der Waals surface area contributed by atoms with E-state index in [1.54, 1.807) is 11.3 Å². The van der Waals surface area contributed by atoms with Crippen LogP contribution in [0.1, 0.15) is 30.0 Å². The fraction of sp³-hybridized carbons (Fsp3) is 0.765. The second kappa shape index (κ2) is 6.54. The summed E-state index contributed by atoms with van der Waals surface area (Å²) in [4.78, 5) is 19.0. The second-order valence-corrected chi connectivity index (χ2v) is 10.7. The molecule has 4 atom stereocenters. The van der Waals surface area contributed by atoms with E-state index in [2.05, 4.69) is 9.71 Å². The zero-order valence-corrected chi connectivity index (χ0v) is 16.7. The number of rotatable bonds is 6. The molecule has 3 aliphatic heterocycles. The number of sulfonamides is 1. The molecule has 1 spiro atoms. The van der Waals surface area contributed by atoms with Gasteiger partial charge in [0, 0.05) is 36.7 Å². The lowest BCUT2D eigenvalue weighted by Gasteiger charge is -2.29. The molecule has 1 aromatic heterocycles. The summed E-state index contributed by atoms with van der Waals surface area (Å²) in [7, 11) is -3.22. The number of hydrogen-bond donors (Lipinski definition) is 1. The van der Waals surface area contributed by atoms with Crippen LogP contribution >= 0.6 is 11.3 Å². The minimum atomic E-state index is -3.22. The molecule has 3 saturated heterocycles. The Morgan fingerprint density at radius 1 is 1.54 bits per heavy atom. The average molecular weight is 400 g/mol. The van der Waals surface area contributed by atoms with Crippen LogP contribution < -0.4 is 4.72 Å². The molecule has 26 heavy (non-hydrogen) atoms. The number of amides is 1. The minimum absolute atomic E-state index is 0.115. The van der Waals surface area contributed by atoms with Crippen molar-refractivity contribution in [2.45, 2.75) is 44.3 Å². The van der Waals surface area contributed by atoms with Crippen LogP contribution in [-0.4, -0.2) is 61.8 Å². The van der Waals surface area contributed by atoms with Gasteiger partial charge in [0.1, 0.15) is 0 Å². The maximum Gasteiger partial charge on any atom is 0.223 e. The smallest absolute Gasteiger partial charge is 0.223 e. The number of fused-ring (bicyclic) bond motifs is 1. The molecule has 2 bridgehead atoms. The van der Waals surface area contributed by atoms with Gasteiger partial charge >= 0.3 is 0 Å². The van der Waals surface area contributed by atoms with E-state index in [1.807, 2.05) is 17.2 Å². The van der Waals surface area contributed by atoms with Crippen molar-refractivity contribution >= 4 is 27.3 Å². The highest BCUT2D eigenvalue weighted by Crippen LogP contribution is 2.54. The van der Waals surface area contributed by atoms with Gasteiger partial charge in [-0.1, -0.05) is 0 Å². The lowest BCUT2D eigenvalue weighted by molar-refractivity contribution is -0.131. The first-order valence-electron chi connectivity index (χ1n) is 9.07. The van der Waals surface area contributed by atoms with Gasteiger partial charge in [-0.2, -0.15) is 0 Å². The Balaban J connectivity index is 1.38. The minimum Gasteiger partial charge on any atom is -0.369 e. The topological polar surface area (TPSA) is 88.6 Å². The molecule has 1 N–H and O–H groups in total. The highest BCUT2D eigenvalue weighted by Gasteiger charge is 2.63. The number of aromatic nitrogens is 1. The fourth-order valence-corrected chi connectivity index (χ4v) is 5.96. The summed E-state index contributed by atoms with van der Waals surface area (Å²) in [5.74, 6) is 0.514. The van der Waals surface area contributed by atoms with E-state index in [4.69, 9.17) is 4.74 Å². The normalized spacial score (nSPS) is 33.0. The number of carbonyl (C=O) groups is 1. The summed E-state index contributed by atoms with van der Waals surface area (Å²) in [5, 5.41) is 3.03. The summed E-state index contributed by atoms with van der Waals surface area (Å²) < 4.78 is 31.8. The van der Waals surface area contributed by atoms with Gasteiger partial charge in [-0.05, 0) is 26.2 Å². The number of thiazole rings is 1. The van der Waals surface area contributed by atoms with E-state index < -0.39 is 10.0 Å². The zero-order chi connectivity index (χ0) is 18.5. The van der Waals surface area contributed by atoms with Crippen molar-refractivity contribution in [3.8, 4) is 0 Å². The van der Waals surface area contributed by atoms with E-state index in [9.17, 15) is 13.2 Å². The average Bonchev–Trinajstić information content (AvgIpc) is 3.29. The number of likely N-dealkylation sites (tertiary alicyclic amines) is 1. The first kappa shape index (κ1) is 18.3. The number of nitrogens with one attached hydrogen (secondary N) is 1.